The number of rotatable bonds is 14. The summed E-state index contributed by atoms with van der Waals surface area (Å²) in [6, 6.07) is 115. The number of para-hydroxylation sites is 2. The second-order valence-electron chi connectivity index (χ2n) is 24.9. The summed E-state index contributed by atoms with van der Waals surface area (Å²) in [6.45, 7) is 9.53. The molecule has 0 unspecified atom stereocenters. The van der Waals surface area contributed by atoms with Crippen LogP contribution in [0.1, 0.15) is 72.2 Å². The van der Waals surface area contributed by atoms with Crippen LogP contribution in [0, 0.1) is 0 Å². The van der Waals surface area contributed by atoms with Crippen LogP contribution >= 0.6 is 0 Å². The molecule has 0 radical (unpaired) electrons. The van der Waals surface area contributed by atoms with E-state index < -0.39 is 0 Å². The summed E-state index contributed by atoms with van der Waals surface area (Å²) in [7, 11) is 0. The molecule has 2 heteroatoms. The fourth-order valence-corrected chi connectivity index (χ4v) is 13.9. The van der Waals surface area contributed by atoms with Crippen LogP contribution in [-0.4, -0.2) is 0 Å². The van der Waals surface area contributed by atoms with E-state index in [2.05, 4.69) is 377 Å². The highest BCUT2D eigenvalue weighted by molar-refractivity contribution is 5.94. The Balaban J connectivity index is 0.673. The Kier molecular flexibility index (Phi) is 14.3. The van der Waals surface area contributed by atoms with E-state index in [1.165, 1.54) is 100 Å². The van der Waals surface area contributed by atoms with Crippen LogP contribution in [0.5, 0.6) is 0 Å². The zero-order chi connectivity index (χ0) is 60.8. The zero-order valence-corrected chi connectivity index (χ0v) is 51.2. The van der Waals surface area contributed by atoms with Crippen molar-refractivity contribution in [3.8, 4) is 66.8 Å². The molecular weight excluding hydrogens is 1080 g/mol. The van der Waals surface area contributed by atoms with Gasteiger partial charge in [-0.2, -0.15) is 0 Å². The fourth-order valence-electron chi connectivity index (χ4n) is 13.9. The lowest BCUT2D eigenvalue weighted by Gasteiger charge is -2.30. The zero-order valence-electron chi connectivity index (χ0n) is 51.2. The van der Waals surface area contributed by atoms with E-state index in [1.807, 2.05) is 0 Å². The molecule has 2 aliphatic carbocycles. The van der Waals surface area contributed by atoms with Gasteiger partial charge in [0.15, 0.2) is 0 Å². The molecule has 0 saturated carbocycles. The Morgan fingerprint density at radius 1 is 0.211 bits per heavy atom. The van der Waals surface area contributed by atoms with Gasteiger partial charge < -0.3 is 9.80 Å². The van der Waals surface area contributed by atoms with Crippen LogP contribution in [0.25, 0.3) is 91.1 Å². The number of benzene rings is 13. The molecule has 0 fully saturated rings. The van der Waals surface area contributed by atoms with Gasteiger partial charge in [-0.05, 0) is 161 Å². The molecule has 90 heavy (non-hydrogen) atoms. The summed E-state index contributed by atoms with van der Waals surface area (Å²) >= 11 is 0. The van der Waals surface area contributed by atoms with Gasteiger partial charge in [0.05, 0.1) is 11.4 Å². The molecule has 0 spiro atoms. The molecule has 0 aliphatic heterocycles. The molecule has 0 amide bonds. The first-order chi connectivity index (χ1) is 44.1. The molecule has 2 nitrogen and oxygen atoms in total. The molecule has 0 bridgehead atoms. The lowest BCUT2D eigenvalue weighted by atomic mass is 9.81. The van der Waals surface area contributed by atoms with Crippen LogP contribution in [0.2, 0.25) is 0 Å². The van der Waals surface area contributed by atoms with Crippen LogP contribution in [0.15, 0.2) is 315 Å². The minimum Gasteiger partial charge on any atom is -0.310 e. The maximum atomic E-state index is 2.44. The first-order valence-corrected chi connectivity index (χ1v) is 31.4. The van der Waals surface area contributed by atoms with E-state index in [1.54, 1.807) is 0 Å². The van der Waals surface area contributed by atoms with Crippen molar-refractivity contribution in [2.45, 2.75) is 38.5 Å². The van der Waals surface area contributed by atoms with Crippen molar-refractivity contribution in [1.29, 1.82) is 0 Å². The van der Waals surface area contributed by atoms with E-state index in [4.69, 9.17) is 0 Å². The van der Waals surface area contributed by atoms with E-state index >= 15 is 0 Å². The molecule has 2 aliphatic rings. The van der Waals surface area contributed by atoms with Gasteiger partial charge in [0, 0.05) is 44.7 Å². The second-order valence-corrected chi connectivity index (χ2v) is 24.9. The first-order valence-electron chi connectivity index (χ1n) is 31.4. The summed E-state index contributed by atoms with van der Waals surface area (Å²) < 4.78 is 0. The average molecular weight is 1150 g/mol. The monoisotopic (exact) mass is 1150 g/mol. The van der Waals surface area contributed by atoms with Crippen LogP contribution in [-0.2, 0) is 10.8 Å². The maximum Gasteiger partial charge on any atom is 0.0540 e. The topological polar surface area (TPSA) is 6.48 Å². The fraction of sp³-hybridized carbons (Fsp3) is 0.0682. The molecule has 0 saturated heterocycles. The molecule has 15 rings (SSSR count). The highest BCUT2D eigenvalue weighted by Crippen LogP contribution is 2.54. The Morgan fingerprint density at radius 3 is 0.889 bits per heavy atom. The smallest absolute Gasteiger partial charge is 0.0540 e. The van der Waals surface area contributed by atoms with Gasteiger partial charge in [0.25, 0.3) is 0 Å². The molecular formula is C88H68N2. The minimum atomic E-state index is -0.230. The quantitative estimate of drug-likeness (QED) is 0.100. The van der Waals surface area contributed by atoms with Crippen molar-refractivity contribution in [3.63, 3.8) is 0 Å². The second kappa shape index (κ2) is 23.2. The minimum absolute atomic E-state index is 0.230. The number of anilines is 6. The number of nitrogens with zero attached hydrogens (tertiary/aromatic N) is 2. The Labute approximate surface area is 530 Å². The normalized spacial score (nSPS) is 13.2. The van der Waals surface area contributed by atoms with E-state index in [0.29, 0.717) is 0 Å². The van der Waals surface area contributed by atoms with Gasteiger partial charge in [-0.3, -0.25) is 0 Å². The molecule has 0 N–H and O–H groups in total. The third kappa shape index (κ3) is 10.4. The van der Waals surface area contributed by atoms with Crippen LogP contribution < -0.4 is 9.80 Å². The van der Waals surface area contributed by atoms with Crippen molar-refractivity contribution in [2.75, 3.05) is 9.80 Å². The van der Waals surface area contributed by atoms with Gasteiger partial charge in [0.1, 0.15) is 0 Å². The SMILES string of the molecule is CC1(C)c2cc(/C=C/c3ccc(/C=C/c4ccc5c(c4)C(C)(C)c4cc(N(c6cccc(-c7ccccc7)c6)c6ccccc6-c6ccccc6)ccc4-5)cc3)ccc2-c2ccc(N(c3cccc(-c4ccccc4)c3)c3ccccc3-c3ccccc3)cc21. The maximum absolute atomic E-state index is 2.44. The third-order valence-electron chi connectivity index (χ3n) is 18.6. The standard InChI is InChI=1S/C88H68N2/c1-87(2)81-55-63(47-51-77(81)79-53-49-73(59-83(79)87)89(71-33-21-31-69(57-71)65-23-9-5-10-24-65)85-37-19-17-35-75(85)67-27-13-7-14-28-67)45-43-61-39-41-62(42-40-61)44-46-64-48-52-78-80-54-50-74(60-84(80)88(3,4)82(78)56-64)90(72-34-22-32-70(58-72)66-25-11-6-12-26-66)86-38-20-18-36-76(86)68-29-15-8-16-30-68/h5-60H,1-4H3/b45-43+,46-44+. The van der Waals surface area contributed by atoms with Crippen LogP contribution in [0.3, 0.4) is 0 Å². The molecule has 13 aromatic carbocycles. The Hall–Kier alpha value is -11.1. The molecule has 0 heterocycles. The lowest BCUT2D eigenvalue weighted by Crippen LogP contribution is -2.17. The van der Waals surface area contributed by atoms with Crippen molar-refractivity contribution in [3.05, 3.63) is 360 Å². The van der Waals surface area contributed by atoms with E-state index in [9.17, 15) is 0 Å². The lowest BCUT2D eigenvalue weighted by molar-refractivity contribution is 0.660. The van der Waals surface area contributed by atoms with Crippen molar-refractivity contribution in [1.82, 2.24) is 0 Å². The largest absolute Gasteiger partial charge is 0.310 e. The average Bonchev–Trinajstić information content (AvgIpc) is 1.58. The number of hydrogen-bond acceptors (Lipinski definition) is 2. The first kappa shape index (κ1) is 55.5. The van der Waals surface area contributed by atoms with Gasteiger partial charge >= 0.3 is 0 Å². The number of hydrogen-bond donors (Lipinski definition) is 0. The summed E-state index contributed by atoms with van der Waals surface area (Å²) in [6.07, 6.45) is 9.00. The highest BCUT2D eigenvalue weighted by atomic mass is 15.2. The van der Waals surface area contributed by atoms with Crippen molar-refractivity contribution < 1.29 is 0 Å². The van der Waals surface area contributed by atoms with Crippen molar-refractivity contribution >= 4 is 58.4 Å². The Bertz CT molecular complexity index is 4550. The van der Waals surface area contributed by atoms with Gasteiger partial charge in [-0.15, -0.1) is 0 Å². The third-order valence-corrected chi connectivity index (χ3v) is 18.6. The summed E-state index contributed by atoms with van der Waals surface area (Å²) in [5.41, 5.74) is 31.0. The summed E-state index contributed by atoms with van der Waals surface area (Å²) in [4.78, 5) is 4.89. The van der Waals surface area contributed by atoms with Crippen LogP contribution in [0.4, 0.5) is 34.1 Å². The molecule has 0 aromatic heterocycles. The molecule has 0 atom stereocenters. The van der Waals surface area contributed by atoms with Crippen molar-refractivity contribution in [2.24, 2.45) is 0 Å². The summed E-state index contributed by atoms with van der Waals surface area (Å²) in [5.74, 6) is 0. The van der Waals surface area contributed by atoms with Gasteiger partial charge in [0.2, 0.25) is 0 Å². The van der Waals surface area contributed by atoms with E-state index in [-0.39, 0.29) is 10.8 Å². The predicted molar refractivity (Wildman–Crippen MR) is 383 cm³/mol. The van der Waals surface area contributed by atoms with Gasteiger partial charge in [-0.25, -0.2) is 0 Å². The molecule has 430 valence electrons. The predicted octanol–water partition coefficient (Wildman–Crippen LogP) is 24.2. The highest BCUT2D eigenvalue weighted by Gasteiger charge is 2.38. The van der Waals surface area contributed by atoms with E-state index in [0.717, 1.165) is 45.3 Å². The van der Waals surface area contributed by atoms with Gasteiger partial charge in [-0.1, -0.05) is 307 Å². The summed E-state index contributed by atoms with van der Waals surface area (Å²) in [5, 5.41) is 0. The molecule has 13 aromatic rings. The Morgan fingerprint density at radius 2 is 0.500 bits per heavy atom. The number of fused-ring (bicyclic) bond motifs is 6.